The Hall–Kier alpha value is -1.97. The molecule has 1 N–H and O–H groups in total. The van der Waals surface area contributed by atoms with Gasteiger partial charge in [-0.1, -0.05) is 0 Å². The number of carbonyl (C=O) groups excluding carboxylic acids is 2. The van der Waals surface area contributed by atoms with Crippen molar-refractivity contribution >= 4 is 29.5 Å². The normalized spacial score (nSPS) is 26.1. The van der Waals surface area contributed by atoms with Gasteiger partial charge in [-0.15, -0.1) is 11.8 Å². The average molecular weight is 362 g/mol. The second-order valence-electron chi connectivity index (χ2n) is 5.67. The largest absolute Gasteiger partial charge is 0.477 e. The van der Waals surface area contributed by atoms with E-state index in [9.17, 15) is 32.7 Å². The molecule has 1 atom stereocenters. The average Bonchev–Trinajstić information content (AvgIpc) is 2.78. The predicted octanol–water partition coefficient (Wildman–Crippen LogP) is 1.35. The second kappa shape index (κ2) is 5.83. The number of fused-ring (bicyclic) bond motifs is 1. The van der Waals surface area contributed by atoms with Gasteiger partial charge in [0.15, 0.2) is 0 Å². The molecule has 1 unspecified atom stereocenters. The van der Waals surface area contributed by atoms with E-state index in [1.165, 1.54) is 22.7 Å². The highest BCUT2D eigenvalue weighted by atomic mass is 32.2. The number of likely N-dealkylation sites (tertiary alicyclic amines) is 1. The monoisotopic (exact) mass is 362 g/mol. The number of rotatable bonds is 3. The maximum Gasteiger partial charge on any atom is 0.406 e. The van der Waals surface area contributed by atoms with E-state index < -0.39 is 24.6 Å². The first-order valence-corrected chi connectivity index (χ1v) is 8.19. The van der Waals surface area contributed by atoms with Crippen LogP contribution in [-0.4, -0.2) is 63.1 Å². The zero-order valence-electron chi connectivity index (χ0n) is 12.3. The molecule has 0 spiro atoms. The first-order chi connectivity index (χ1) is 11.2. The van der Waals surface area contributed by atoms with Gasteiger partial charge in [-0.25, -0.2) is 4.79 Å². The van der Waals surface area contributed by atoms with Crippen LogP contribution >= 0.6 is 11.8 Å². The van der Waals surface area contributed by atoms with Crippen LogP contribution in [0.3, 0.4) is 0 Å². The number of alkyl halides is 3. The summed E-state index contributed by atoms with van der Waals surface area (Å²) in [6.07, 6.45) is -2.76. The summed E-state index contributed by atoms with van der Waals surface area (Å²) in [5, 5.41) is 9.14. The summed E-state index contributed by atoms with van der Waals surface area (Å²) >= 11 is 1.38. The highest BCUT2D eigenvalue weighted by molar-refractivity contribution is 8.00. The van der Waals surface area contributed by atoms with Crippen LogP contribution in [0, 0.1) is 0 Å². The molecule has 0 aromatic rings. The van der Waals surface area contributed by atoms with Gasteiger partial charge in [0, 0.05) is 17.9 Å². The number of halogens is 3. The molecule has 0 bridgehead atoms. The molecule has 0 aromatic carbocycles. The molecule has 2 saturated heterocycles. The molecule has 0 saturated carbocycles. The molecule has 3 rings (SSSR count). The van der Waals surface area contributed by atoms with Gasteiger partial charge in [0.2, 0.25) is 11.8 Å². The molecule has 130 valence electrons. The van der Waals surface area contributed by atoms with Crippen LogP contribution in [0.25, 0.3) is 0 Å². The Labute approximate surface area is 139 Å². The van der Waals surface area contributed by atoms with E-state index in [0.717, 1.165) is 0 Å². The molecular formula is C14H13F3N2O4S. The van der Waals surface area contributed by atoms with Crippen LogP contribution in [0.2, 0.25) is 0 Å². The number of hydrogen-bond donors (Lipinski definition) is 1. The van der Waals surface area contributed by atoms with Crippen LogP contribution in [0.5, 0.6) is 0 Å². The van der Waals surface area contributed by atoms with E-state index in [1.807, 2.05) is 0 Å². The van der Waals surface area contributed by atoms with Gasteiger partial charge in [0.05, 0.1) is 11.8 Å². The summed E-state index contributed by atoms with van der Waals surface area (Å²) in [7, 11) is 0. The smallest absolute Gasteiger partial charge is 0.406 e. The number of thioether (sulfide) groups is 1. The molecule has 24 heavy (non-hydrogen) atoms. The maximum atomic E-state index is 12.4. The lowest BCUT2D eigenvalue weighted by Crippen LogP contribution is -2.53. The van der Waals surface area contributed by atoms with Gasteiger partial charge < -0.3 is 10.0 Å². The highest BCUT2D eigenvalue weighted by Gasteiger charge is 2.45. The van der Waals surface area contributed by atoms with E-state index in [0.29, 0.717) is 10.7 Å². The standard InChI is InChI=1S/C14H13F3N2O4S/c15-14(16,17)6-18-2-1-7(12(18)21)3-8-5-24-10-4-9(20)19(10)11(8)13(22)23/h3,10H,1-2,4-6H2,(H,22,23)/b7-3+. The van der Waals surface area contributed by atoms with Gasteiger partial charge in [-0.05, 0) is 18.1 Å². The minimum absolute atomic E-state index is 0.0573. The van der Waals surface area contributed by atoms with E-state index in [1.54, 1.807) is 0 Å². The summed E-state index contributed by atoms with van der Waals surface area (Å²) in [5.41, 5.74) is 0.249. The van der Waals surface area contributed by atoms with Crippen molar-refractivity contribution < 1.29 is 32.7 Å². The lowest BCUT2D eigenvalue weighted by atomic mass is 10.0. The molecule has 6 nitrogen and oxygen atoms in total. The van der Waals surface area contributed by atoms with Gasteiger partial charge in [-0.2, -0.15) is 13.2 Å². The predicted molar refractivity (Wildman–Crippen MR) is 77.7 cm³/mol. The van der Waals surface area contributed by atoms with Gasteiger partial charge in [-0.3, -0.25) is 14.5 Å². The lowest BCUT2D eigenvalue weighted by molar-refractivity contribution is -0.156. The number of β-lactam (4-membered cyclic amide) rings is 1. The molecule has 3 aliphatic heterocycles. The van der Waals surface area contributed by atoms with Crippen molar-refractivity contribution in [3.8, 4) is 0 Å². The number of aliphatic carboxylic acids is 1. The molecule has 2 fully saturated rings. The van der Waals surface area contributed by atoms with Crippen molar-refractivity contribution in [2.75, 3.05) is 18.8 Å². The Balaban J connectivity index is 1.87. The Morgan fingerprint density at radius 2 is 2.08 bits per heavy atom. The molecular weight excluding hydrogens is 349 g/mol. The molecule has 3 aliphatic rings. The molecule has 10 heteroatoms. The SMILES string of the molecule is O=C(O)C1=C(/C=C2\CCN(CC(F)(F)F)C2=O)CSC2CC(=O)N12. The Bertz CT molecular complexity index is 686. The molecule has 0 aliphatic carbocycles. The number of nitrogens with zero attached hydrogens (tertiary/aromatic N) is 2. The number of allylic oxidation sites excluding steroid dienone is 1. The van der Waals surface area contributed by atoms with E-state index in [4.69, 9.17) is 0 Å². The number of carboxylic acid groups (broad SMARTS) is 1. The first kappa shape index (κ1) is 16.9. The van der Waals surface area contributed by atoms with Crippen molar-refractivity contribution in [3.05, 3.63) is 22.9 Å². The van der Waals surface area contributed by atoms with Crippen LogP contribution in [-0.2, 0) is 14.4 Å². The van der Waals surface area contributed by atoms with Gasteiger partial charge in [0.25, 0.3) is 0 Å². The fourth-order valence-corrected chi connectivity index (χ4v) is 4.15. The van der Waals surface area contributed by atoms with Gasteiger partial charge >= 0.3 is 12.1 Å². The topological polar surface area (TPSA) is 77.9 Å². The van der Waals surface area contributed by atoms with Crippen LogP contribution in [0.1, 0.15) is 12.8 Å². The van der Waals surface area contributed by atoms with Crippen molar-refractivity contribution in [1.82, 2.24) is 9.80 Å². The van der Waals surface area contributed by atoms with Crippen LogP contribution in [0.4, 0.5) is 13.2 Å². The van der Waals surface area contributed by atoms with Crippen LogP contribution < -0.4 is 0 Å². The van der Waals surface area contributed by atoms with Crippen molar-refractivity contribution in [1.29, 1.82) is 0 Å². The first-order valence-electron chi connectivity index (χ1n) is 7.14. The molecule has 0 radical (unpaired) electrons. The fraction of sp³-hybridized carbons (Fsp3) is 0.500. The minimum Gasteiger partial charge on any atom is -0.477 e. The Morgan fingerprint density at radius 3 is 2.67 bits per heavy atom. The van der Waals surface area contributed by atoms with Gasteiger partial charge in [0.1, 0.15) is 12.2 Å². The second-order valence-corrected chi connectivity index (χ2v) is 6.84. The summed E-state index contributed by atoms with van der Waals surface area (Å²) in [6.45, 7) is -1.38. The Kier molecular flexibility index (Phi) is 4.10. The summed E-state index contributed by atoms with van der Waals surface area (Å²) in [5.74, 6) is -2.03. The zero-order valence-corrected chi connectivity index (χ0v) is 13.1. The third-order valence-electron chi connectivity index (χ3n) is 4.02. The third-order valence-corrected chi connectivity index (χ3v) is 5.26. The van der Waals surface area contributed by atoms with E-state index in [2.05, 4.69) is 0 Å². The fourth-order valence-electron chi connectivity index (χ4n) is 2.93. The maximum absolute atomic E-state index is 12.4. The van der Waals surface area contributed by atoms with Crippen molar-refractivity contribution in [2.24, 2.45) is 0 Å². The summed E-state index contributed by atoms with van der Waals surface area (Å²) in [6, 6.07) is 0. The van der Waals surface area contributed by atoms with E-state index in [-0.39, 0.29) is 47.5 Å². The number of carbonyl (C=O) groups is 3. The molecule has 2 amide bonds. The molecule has 3 heterocycles. The number of amides is 2. The quantitative estimate of drug-likeness (QED) is 0.606. The highest BCUT2D eigenvalue weighted by Crippen LogP contribution is 2.40. The number of hydrogen-bond acceptors (Lipinski definition) is 4. The van der Waals surface area contributed by atoms with Crippen LogP contribution in [0.15, 0.2) is 22.9 Å². The van der Waals surface area contributed by atoms with E-state index >= 15 is 0 Å². The third kappa shape index (κ3) is 3.02. The molecule has 0 aromatic heterocycles. The number of carboxylic acids is 1. The van der Waals surface area contributed by atoms with Crippen molar-refractivity contribution in [2.45, 2.75) is 24.4 Å². The Morgan fingerprint density at radius 1 is 1.38 bits per heavy atom. The lowest BCUT2D eigenvalue weighted by Gasteiger charge is -2.43. The minimum atomic E-state index is -4.48. The zero-order chi connectivity index (χ0) is 17.6. The van der Waals surface area contributed by atoms with Crippen molar-refractivity contribution in [3.63, 3.8) is 0 Å². The summed E-state index contributed by atoms with van der Waals surface area (Å²) < 4.78 is 37.3. The summed E-state index contributed by atoms with van der Waals surface area (Å²) in [4.78, 5) is 37.0.